The lowest BCUT2D eigenvalue weighted by Crippen LogP contribution is -2.26. The van der Waals surface area contributed by atoms with E-state index in [9.17, 15) is 9.90 Å². The third-order valence-corrected chi connectivity index (χ3v) is 9.39. The number of aliphatic hydroxyl groups excluding tert-OH is 1. The fraction of sp³-hybridized carbons (Fsp3) is 0.875. The van der Waals surface area contributed by atoms with Crippen LogP contribution in [0.4, 0.5) is 0 Å². The first-order valence-electron chi connectivity index (χ1n) is 19.4. The van der Waals surface area contributed by atoms with Crippen molar-refractivity contribution in [2.45, 2.75) is 219 Å². The second kappa shape index (κ2) is 30.9. The van der Waals surface area contributed by atoms with E-state index >= 15 is 0 Å². The van der Waals surface area contributed by atoms with Crippen LogP contribution in [-0.2, 0) is 9.53 Å². The molecular weight excluding hydrogens is 528 g/mol. The average molecular weight is 603 g/mol. The Kier molecular flexibility index (Phi) is 28.7. The van der Waals surface area contributed by atoms with Crippen LogP contribution in [-0.4, -0.2) is 23.3 Å². The first-order chi connectivity index (χ1) is 21.2. The quantitative estimate of drug-likeness (QED) is 0.0473. The molecule has 252 valence electrons. The maximum absolute atomic E-state index is 12.4. The van der Waals surface area contributed by atoms with Crippen LogP contribution in [0.3, 0.4) is 0 Å². The Morgan fingerprint density at radius 1 is 0.488 bits per heavy atom. The Labute approximate surface area is 269 Å². The molecular formula is C40H74O3. The zero-order chi connectivity index (χ0) is 31.1. The Balaban J connectivity index is 1.90. The van der Waals surface area contributed by atoms with E-state index in [2.05, 4.69) is 38.2 Å². The van der Waals surface area contributed by atoms with Crippen molar-refractivity contribution < 1.29 is 14.6 Å². The summed E-state index contributed by atoms with van der Waals surface area (Å²) < 4.78 is 5.58. The number of aliphatic hydroxyl groups is 1. The molecule has 1 N–H and O–H groups in total. The van der Waals surface area contributed by atoms with Gasteiger partial charge in [-0.05, 0) is 70.6 Å². The standard InChI is InChI=1S/C40H74O3/c1-3-5-7-9-11-13-15-17-19-20-22-24-26-28-30-32-34-36-38-39(41)37(40(42)43-38)35-33-31-29-27-25-23-21-18-16-14-12-10-8-6-4-2/h12,14,25,27,37-39,41H,3-11,13,15-24,26,28-36H2,1-2H3/b14-12+,27-25+/t37-,38+,39-/m0/s1. The summed E-state index contributed by atoms with van der Waals surface area (Å²) in [6, 6.07) is 0. The molecule has 1 saturated heterocycles. The highest BCUT2D eigenvalue weighted by molar-refractivity contribution is 5.75. The van der Waals surface area contributed by atoms with Crippen molar-refractivity contribution in [1.29, 1.82) is 0 Å². The molecule has 0 radical (unpaired) electrons. The topological polar surface area (TPSA) is 46.5 Å². The number of carbonyl (C=O) groups excluding carboxylic acids is 1. The van der Waals surface area contributed by atoms with E-state index in [1.165, 1.54) is 154 Å². The molecule has 0 spiro atoms. The lowest BCUT2D eigenvalue weighted by molar-refractivity contribution is -0.144. The van der Waals surface area contributed by atoms with Gasteiger partial charge in [-0.3, -0.25) is 4.79 Å². The van der Waals surface area contributed by atoms with Gasteiger partial charge in [0.2, 0.25) is 0 Å². The maximum atomic E-state index is 12.4. The van der Waals surface area contributed by atoms with Gasteiger partial charge < -0.3 is 9.84 Å². The molecule has 0 aromatic heterocycles. The van der Waals surface area contributed by atoms with Crippen molar-refractivity contribution in [3.63, 3.8) is 0 Å². The van der Waals surface area contributed by atoms with Crippen molar-refractivity contribution >= 4 is 5.97 Å². The smallest absolute Gasteiger partial charge is 0.312 e. The summed E-state index contributed by atoms with van der Waals surface area (Å²) in [6.45, 7) is 4.54. The Bertz CT molecular complexity index is 654. The lowest BCUT2D eigenvalue weighted by Gasteiger charge is -2.15. The predicted molar refractivity (Wildman–Crippen MR) is 188 cm³/mol. The number of unbranched alkanes of at least 4 members (excludes halogenated alkanes) is 24. The number of hydrogen-bond acceptors (Lipinski definition) is 3. The van der Waals surface area contributed by atoms with Gasteiger partial charge in [0.15, 0.2) is 0 Å². The Hall–Kier alpha value is -1.09. The van der Waals surface area contributed by atoms with Crippen LogP contribution >= 0.6 is 0 Å². The molecule has 0 aliphatic carbocycles. The molecule has 1 aliphatic rings. The van der Waals surface area contributed by atoms with Gasteiger partial charge in [-0.15, -0.1) is 0 Å². The fourth-order valence-electron chi connectivity index (χ4n) is 6.43. The van der Waals surface area contributed by atoms with Crippen LogP contribution in [0.2, 0.25) is 0 Å². The summed E-state index contributed by atoms with van der Waals surface area (Å²) in [7, 11) is 0. The number of ether oxygens (including phenoxy) is 1. The predicted octanol–water partition coefficient (Wildman–Crippen LogP) is 12.7. The third-order valence-electron chi connectivity index (χ3n) is 9.39. The highest BCUT2D eigenvalue weighted by Crippen LogP contribution is 2.30. The molecule has 3 atom stereocenters. The molecule has 3 nitrogen and oxygen atoms in total. The normalized spacial score (nSPS) is 18.9. The summed E-state index contributed by atoms with van der Waals surface area (Å²) in [5, 5.41) is 10.7. The van der Waals surface area contributed by atoms with Crippen LogP contribution < -0.4 is 0 Å². The minimum atomic E-state index is -0.607. The highest BCUT2D eigenvalue weighted by Gasteiger charge is 2.42. The van der Waals surface area contributed by atoms with Crippen molar-refractivity contribution in [2.24, 2.45) is 5.92 Å². The van der Waals surface area contributed by atoms with Crippen molar-refractivity contribution in [3.05, 3.63) is 24.3 Å². The maximum Gasteiger partial charge on any atom is 0.312 e. The molecule has 0 unspecified atom stereocenters. The van der Waals surface area contributed by atoms with E-state index in [0.717, 1.165) is 38.5 Å². The second-order valence-corrected chi connectivity index (χ2v) is 13.5. The monoisotopic (exact) mass is 603 g/mol. The largest absolute Gasteiger partial charge is 0.459 e. The van der Waals surface area contributed by atoms with Gasteiger partial charge in [-0.2, -0.15) is 0 Å². The third kappa shape index (κ3) is 23.9. The van der Waals surface area contributed by atoms with E-state index in [1.54, 1.807) is 0 Å². The summed E-state index contributed by atoms with van der Waals surface area (Å²) >= 11 is 0. The molecule has 1 rings (SSSR count). The number of cyclic esters (lactones) is 1. The first kappa shape index (κ1) is 39.9. The summed E-state index contributed by atoms with van der Waals surface area (Å²) in [5.74, 6) is -0.478. The van der Waals surface area contributed by atoms with Gasteiger partial charge in [0, 0.05) is 0 Å². The number of esters is 1. The zero-order valence-electron chi connectivity index (χ0n) is 29.0. The van der Waals surface area contributed by atoms with E-state index < -0.39 is 6.10 Å². The van der Waals surface area contributed by atoms with Gasteiger partial charge in [-0.1, -0.05) is 160 Å². The van der Waals surface area contributed by atoms with Gasteiger partial charge in [-0.25, -0.2) is 0 Å². The average Bonchev–Trinajstić information content (AvgIpc) is 3.28. The fourth-order valence-corrected chi connectivity index (χ4v) is 6.43. The number of rotatable bonds is 32. The molecule has 0 aromatic carbocycles. The van der Waals surface area contributed by atoms with E-state index in [-0.39, 0.29) is 18.0 Å². The minimum absolute atomic E-state index is 0.167. The first-order valence-corrected chi connectivity index (χ1v) is 19.4. The van der Waals surface area contributed by atoms with Crippen molar-refractivity contribution in [3.8, 4) is 0 Å². The van der Waals surface area contributed by atoms with Gasteiger partial charge in [0.25, 0.3) is 0 Å². The summed E-state index contributed by atoms with van der Waals surface area (Å²) in [5.41, 5.74) is 0. The zero-order valence-corrected chi connectivity index (χ0v) is 29.0. The van der Waals surface area contributed by atoms with Crippen molar-refractivity contribution in [2.75, 3.05) is 0 Å². The number of allylic oxidation sites excluding steroid dienone is 4. The van der Waals surface area contributed by atoms with E-state index in [4.69, 9.17) is 4.74 Å². The summed E-state index contributed by atoms with van der Waals surface area (Å²) in [4.78, 5) is 12.4. The molecule has 0 aromatic rings. The molecule has 1 fully saturated rings. The van der Waals surface area contributed by atoms with Crippen LogP contribution in [0.25, 0.3) is 0 Å². The lowest BCUT2D eigenvalue weighted by atomic mass is 9.93. The van der Waals surface area contributed by atoms with Crippen LogP contribution in [0.5, 0.6) is 0 Å². The minimum Gasteiger partial charge on any atom is -0.459 e. The molecule has 0 amide bonds. The van der Waals surface area contributed by atoms with Crippen LogP contribution in [0, 0.1) is 5.92 Å². The second-order valence-electron chi connectivity index (χ2n) is 13.5. The van der Waals surface area contributed by atoms with Gasteiger partial charge in [0.1, 0.15) is 12.2 Å². The van der Waals surface area contributed by atoms with Crippen LogP contribution in [0.1, 0.15) is 206 Å². The molecule has 43 heavy (non-hydrogen) atoms. The Morgan fingerprint density at radius 2 is 0.814 bits per heavy atom. The molecule has 0 bridgehead atoms. The molecule has 3 heteroatoms. The molecule has 1 aliphatic heterocycles. The van der Waals surface area contributed by atoms with Crippen LogP contribution in [0.15, 0.2) is 24.3 Å². The SMILES string of the molecule is CCCCC/C=C/CCCC/C=C/CCCC[C@@H]1C(=O)O[C@H](CCCCCCCCCCCCCCCCCCC)[C@H]1O. The van der Waals surface area contributed by atoms with Gasteiger partial charge in [0.05, 0.1) is 5.92 Å². The van der Waals surface area contributed by atoms with E-state index in [1.807, 2.05) is 0 Å². The molecule has 0 saturated carbocycles. The Morgan fingerprint density at radius 3 is 1.26 bits per heavy atom. The summed E-state index contributed by atoms with van der Waals surface area (Å²) in [6.07, 6.45) is 46.5. The van der Waals surface area contributed by atoms with Gasteiger partial charge >= 0.3 is 5.97 Å². The number of hydrogen-bond donors (Lipinski definition) is 1. The van der Waals surface area contributed by atoms with E-state index in [0.29, 0.717) is 0 Å². The van der Waals surface area contributed by atoms with Crippen molar-refractivity contribution in [1.82, 2.24) is 0 Å². The number of carbonyl (C=O) groups is 1. The highest BCUT2D eigenvalue weighted by atomic mass is 16.6. The molecule has 1 heterocycles.